The van der Waals surface area contributed by atoms with E-state index in [1.54, 1.807) is 18.0 Å². The smallest absolute Gasteiger partial charge is 0.321 e. The normalized spacial score (nSPS) is 10.5. The van der Waals surface area contributed by atoms with Crippen LogP contribution in [-0.4, -0.2) is 37.3 Å². The molecule has 0 aromatic heterocycles. The maximum absolute atomic E-state index is 12.6. The van der Waals surface area contributed by atoms with E-state index < -0.39 is 5.97 Å². The van der Waals surface area contributed by atoms with Gasteiger partial charge in [0.05, 0.1) is 0 Å². The minimum Gasteiger partial charge on any atom is -0.489 e. The number of carbonyl (C=O) groups excluding carboxylic acids is 1. The van der Waals surface area contributed by atoms with Crippen molar-refractivity contribution >= 4 is 17.7 Å². The molecule has 0 atom stereocenters. The van der Waals surface area contributed by atoms with Crippen molar-refractivity contribution in [3.63, 3.8) is 0 Å². The number of urea groups is 1. The molecule has 33 heavy (non-hydrogen) atoms. The average Bonchev–Trinajstić information content (AvgIpc) is 2.83. The van der Waals surface area contributed by atoms with Crippen LogP contribution < -0.4 is 15.0 Å². The Morgan fingerprint density at radius 2 is 1.91 bits per heavy atom. The number of carboxylic acids is 1. The average molecular weight is 453 g/mol. The van der Waals surface area contributed by atoms with Crippen molar-refractivity contribution in [2.45, 2.75) is 51.9 Å². The number of carboxylic acid groups (broad SMARTS) is 1. The first-order valence-corrected chi connectivity index (χ1v) is 11.7. The van der Waals surface area contributed by atoms with Gasteiger partial charge in [0, 0.05) is 31.3 Å². The fraction of sp³-hybridized carbons (Fsp3) is 0.407. The summed E-state index contributed by atoms with van der Waals surface area (Å²) in [7, 11) is 1.76. The van der Waals surface area contributed by atoms with Gasteiger partial charge < -0.3 is 15.2 Å². The van der Waals surface area contributed by atoms with E-state index in [0.717, 1.165) is 35.2 Å². The van der Waals surface area contributed by atoms with Crippen LogP contribution in [0, 0.1) is 0 Å². The number of rotatable bonds is 14. The minimum absolute atomic E-state index is 0.0637. The first-order valence-electron chi connectivity index (χ1n) is 11.7. The molecule has 0 fully saturated rings. The van der Waals surface area contributed by atoms with Gasteiger partial charge in [0.15, 0.2) is 0 Å². The van der Waals surface area contributed by atoms with Gasteiger partial charge in [0.2, 0.25) is 0 Å². The number of aliphatic carboxylic acids is 1. The molecular weight excluding hydrogens is 416 g/mol. The van der Waals surface area contributed by atoms with E-state index in [4.69, 9.17) is 9.84 Å². The topological polar surface area (TPSA) is 78.9 Å². The van der Waals surface area contributed by atoms with E-state index in [2.05, 4.69) is 18.8 Å². The van der Waals surface area contributed by atoms with E-state index in [0.29, 0.717) is 25.3 Å². The molecule has 2 N–H and O–H groups in total. The molecule has 0 aliphatic heterocycles. The second-order valence-electron chi connectivity index (χ2n) is 8.08. The largest absolute Gasteiger partial charge is 0.489 e. The number of unbranched alkanes of at least 4 members (excludes halogenated alkanes) is 4. The van der Waals surface area contributed by atoms with Crippen molar-refractivity contribution in [2.75, 3.05) is 25.1 Å². The van der Waals surface area contributed by atoms with Crippen LogP contribution in [0.4, 0.5) is 10.5 Å². The molecule has 0 spiro atoms. The molecule has 0 aliphatic carbocycles. The van der Waals surface area contributed by atoms with Crippen molar-refractivity contribution in [2.24, 2.45) is 0 Å². The third-order valence-electron chi connectivity index (χ3n) is 5.44. The van der Waals surface area contributed by atoms with Crippen LogP contribution in [0.5, 0.6) is 5.75 Å². The predicted molar refractivity (Wildman–Crippen MR) is 134 cm³/mol. The van der Waals surface area contributed by atoms with Crippen molar-refractivity contribution in [3.05, 3.63) is 60.7 Å². The molecule has 2 aromatic rings. The van der Waals surface area contributed by atoms with E-state index in [-0.39, 0.29) is 12.5 Å². The van der Waals surface area contributed by atoms with Gasteiger partial charge in [0.1, 0.15) is 12.4 Å². The Balaban J connectivity index is 2.13. The molecule has 0 bridgehead atoms. The molecular formula is C27H36N2O4. The molecule has 2 rings (SSSR count). The van der Waals surface area contributed by atoms with E-state index in [1.165, 1.54) is 19.3 Å². The molecule has 2 amide bonds. The van der Waals surface area contributed by atoms with Gasteiger partial charge in [-0.1, -0.05) is 69.5 Å². The lowest BCUT2D eigenvalue weighted by Gasteiger charge is -2.20. The molecule has 0 heterocycles. The molecule has 0 saturated carbocycles. The van der Waals surface area contributed by atoms with Crippen LogP contribution in [0.3, 0.4) is 0 Å². The van der Waals surface area contributed by atoms with Gasteiger partial charge in [-0.25, -0.2) is 4.79 Å². The van der Waals surface area contributed by atoms with Crippen LogP contribution in [-0.2, 0) is 11.2 Å². The van der Waals surface area contributed by atoms with Gasteiger partial charge in [-0.05, 0) is 42.2 Å². The maximum Gasteiger partial charge on any atom is 0.321 e. The number of anilines is 1. The third-order valence-corrected chi connectivity index (χ3v) is 5.44. The maximum atomic E-state index is 12.6. The standard InChI is InChI=1S/C27H36N2O4/c1-4-6-7-8-9-17-28-27(32)29(3)23-12-10-11-22(20-23)24-15-13-21(14-16-26(30)31)19-25(24)33-18-5-2/h5,10-13,15,19-20H,2,4,6-9,14,16-18H2,1,3H3,(H,28,32)(H,30,31). The summed E-state index contributed by atoms with van der Waals surface area (Å²) in [6.45, 7) is 6.91. The van der Waals surface area contributed by atoms with Gasteiger partial charge >= 0.3 is 12.0 Å². The zero-order valence-corrected chi connectivity index (χ0v) is 19.8. The number of benzene rings is 2. The molecule has 2 aromatic carbocycles. The first kappa shape index (κ1) is 26.0. The summed E-state index contributed by atoms with van der Waals surface area (Å²) in [5, 5.41) is 12.0. The Bertz CT molecular complexity index is 926. The molecule has 0 unspecified atom stereocenters. The highest BCUT2D eigenvalue weighted by Crippen LogP contribution is 2.33. The van der Waals surface area contributed by atoms with Crippen LogP contribution in [0.1, 0.15) is 51.0 Å². The second-order valence-corrected chi connectivity index (χ2v) is 8.08. The van der Waals surface area contributed by atoms with Crippen molar-refractivity contribution in [3.8, 4) is 16.9 Å². The van der Waals surface area contributed by atoms with Gasteiger partial charge in [-0.3, -0.25) is 9.69 Å². The number of hydrogen-bond donors (Lipinski definition) is 2. The lowest BCUT2D eigenvalue weighted by Crippen LogP contribution is -2.37. The summed E-state index contributed by atoms with van der Waals surface area (Å²) >= 11 is 0. The van der Waals surface area contributed by atoms with Crippen LogP contribution in [0.15, 0.2) is 55.1 Å². The Hall–Kier alpha value is -3.28. The molecule has 0 aliphatic rings. The number of amides is 2. The summed E-state index contributed by atoms with van der Waals surface area (Å²) < 4.78 is 5.87. The van der Waals surface area contributed by atoms with E-state index >= 15 is 0 Å². The number of aryl methyl sites for hydroxylation is 1. The molecule has 6 heteroatoms. The molecule has 0 saturated heterocycles. The highest BCUT2D eigenvalue weighted by Gasteiger charge is 2.13. The second kappa shape index (κ2) is 14.0. The summed E-state index contributed by atoms with van der Waals surface area (Å²) in [6.07, 6.45) is 7.92. The molecule has 0 radical (unpaired) electrons. The Morgan fingerprint density at radius 3 is 2.64 bits per heavy atom. The van der Waals surface area contributed by atoms with E-state index in [9.17, 15) is 9.59 Å². The lowest BCUT2D eigenvalue weighted by molar-refractivity contribution is -0.136. The summed E-state index contributed by atoms with van der Waals surface area (Å²) in [5.74, 6) is -0.170. The number of hydrogen-bond acceptors (Lipinski definition) is 3. The SMILES string of the molecule is C=CCOc1cc(CCC(=O)O)ccc1-c1cccc(N(C)C(=O)NCCCCCCC)c1. The first-order chi connectivity index (χ1) is 16.0. The predicted octanol–water partition coefficient (Wildman–Crippen LogP) is 6.05. The summed E-state index contributed by atoms with van der Waals surface area (Å²) in [4.78, 5) is 25.1. The Morgan fingerprint density at radius 1 is 1.12 bits per heavy atom. The van der Waals surface area contributed by atoms with Gasteiger partial charge in [0.25, 0.3) is 0 Å². The lowest BCUT2D eigenvalue weighted by atomic mass is 10.00. The minimum atomic E-state index is -0.831. The van der Waals surface area contributed by atoms with Gasteiger partial charge in [-0.15, -0.1) is 0 Å². The zero-order valence-electron chi connectivity index (χ0n) is 19.8. The van der Waals surface area contributed by atoms with Crippen LogP contribution in [0.2, 0.25) is 0 Å². The van der Waals surface area contributed by atoms with Crippen LogP contribution >= 0.6 is 0 Å². The van der Waals surface area contributed by atoms with Gasteiger partial charge in [-0.2, -0.15) is 0 Å². The van der Waals surface area contributed by atoms with Crippen molar-refractivity contribution < 1.29 is 19.4 Å². The number of nitrogens with one attached hydrogen (secondary N) is 1. The quantitative estimate of drug-likeness (QED) is 0.270. The summed E-state index contributed by atoms with van der Waals surface area (Å²) in [6, 6.07) is 13.3. The van der Waals surface area contributed by atoms with Crippen molar-refractivity contribution in [1.29, 1.82) is 0 Å². The third kappa shape index (κ3) is 8.64. The van der Waals surface area contributed by atoms with Crippen molar-refractivity contribution in [1.82, 2.24) is 5.32 Å². The number of ether oxygens (including phenoxy) is 1. The fourth-order valence-corrected chi connectivity index (χ4v) is 3.52. The highest BCUT2D eigenvalue weighted by atomic mass is 16.5. The molecule has 6 nitrogen and oxygen atoms in total. The highest BCUT2D eigenvalue weighted by molar-refractivity contribution is 5.92. The van der Waals surface area contributed by atoms with Crippen LogP contribution in [0.25, 0.3) is 11.1 Å². The fourth-order valence-electron chi connectivity index (χ4n) is 3.52. The molecule has 178 valence electrons. The van der Waals surface area contributed by atoms with E-state index in [1.807, 2.05) is 42.5 Å². The Kier molecular flexibility index (Phi) is 11.0. The summed E-state index contributed by atoms with van der Waals surface area (Å²) in [5.41, 5.74) is 3.46. The number of carbonyl (C=O) groups is 2. The number of nitrogens with zero attached hydrogens (tertiary/aromatic N) is 1. The zero-order chi connectivity index (χ0) is 24.1. The Labute approximate surface area is 197 Å². The monoisotopic (exact) mass is 452 g/mol.